The first-order valence-electron chi connectivity index (χ1n) is 5.99. The van der Waals surface area contributed by atoms with Crippen LogP contribution in [0.15, 0.2) is 30.3 Å². The number of rotatable bonds is 4. The monoisotopic (exact) mass is 292 g/mol. The maximum absolute atomic E-state index is 4.78. The van der Waals surface area contributed by atoms with Crippen molar-refractivity contribution in [3.05, 3.63) is 35.9 Å². The molecule has 2 nitrogen and oxygen atoms in total. The van der Waals surface area contributed by atoms with Gasteiger partial charge in [0.2, 0.25) is 0 Å². The van der Waals surface area contributed by atoms with Crippen LogP contribution in [0, 0.1) is 0 Å². The van der Waals surface area contributed by atoms with Crippen LogP contribution in [0.5, 0.6) is 0 Å². The van der Waals surface area contributed by atoms with Gasteiger partial charge in [-0.25, -0.2) is 4.98 Å². The summed E-state index contributed by atoms with van der Waals surface area (Å²) in [5.41, 5.74) is 2.33. The number of para-hydroxylation sites is 1. The fourth-order valence-electron chi connectivity index (χ4n) is 2.04. The van der Waals surface area contributed by atoms with Crippen molar-refractivity contribution in [2.45, 2.75) is 19.2 Å². The summed E-state index contributed by atoms with van der Waals surface area (Å²) in [6.45, 7) is 6.31. The van der Waals surface area contributed by atoms with Gasteiger partial charge >= 0.3 is 0 Å². The molecule has 0 spiro atoms. The normalized spacial score (nSPS) is 10.8. The molecule has 0 atom stereocenters. The van der Waals surface area contributed by atoms with Gasteiger partial charge in [-0.2, -0.15) is 0 Å². The Balaban J connectivity index is 2.60. The molecule has 17 heavy (non-hydrogen) atoms. The number of aromatic nitrogens is 1. The number of hydrogen-bond donors (Lipinski definition) is 0. The van der Waals surface area contributed by atoms with Crippen molar-refractivity contribution < 1.29 is 0 Å². The van der Waals surface area contributed by atoms with Crippen molar-refractivity contribution in [1.29, 1.82) is 0 Å². The van der Waals surface area contributed by atoms with E-state index in [1.165, 1.54) is 10.9 Å². The zero-order chi connectivity index (χ0) is 12.3. The molecule has 2 rings (SSSR count). The summed E-state index contributed by atoms with van der Waals surface area (Å²) in [5, 5.41) is 2.05. The molecule has 0 fully saturated rings. The minimum atomic E-state index is 0.844. The number of benzene rings is 1. The van der Waals surface area contributed by atoms with E-state index in [0.29, 0.717) is 0 Å². The van der Waals surface area contributed by atoms with Gasteiger partial charge in [0.15, 0.2) is 0 Å². The smallest absolute Gasteiger partial charge is 0.133 e. The van der Waals surface area contributed by atoms with Crippen molar-refractivity contribution in [2.75, 3.05) is 18.0 Å². The highest BCUT2D eigenvalue weighted by atomic mass is 79.9. The van der Waals surface area contributed by atoms with Crippen LogP contribution in [0.4, 0.5) is 5.82 Å². The Morgan fingerprint density at radius 3 is 2.53 bits per heavy atom. The molecule has 0 aliphatic carbocycles. The Bertz CT molecular complexity index is 507. The van der Waals surface area contributed by atoms with Crippen molar-refractivity contribution >= 4 is 32.7 Å². The van der Waals surface area contributed by atoms with Gasteiger partial charge in [-0.3, -0.25) is 0 Å². The summed E-state index contributed by atoms with van der Waals surface area (Å²) >= 11 is 3.55. The van der Waals surface area contributed by atoms with Crippen LogP contribution < -0.4 is 4.90 Å². The van der Waals surface area contributed by atoms with Crippen LogP contribution in [0.3, 0.4) is 0 Å². The summed E-state index contributed by atoms with van der Waals surface area (Å²) in [6.07, 6.45) is 0. The molecule has 0 saturated heterocycles. The zero-order valence-corrected chi connectivity index (χ0v) is 11.9. The van der Waals surface area contributed by atoms with E-state index >= 15 is 0 Å². The van der Waals surface area contributed by atoms with Gasteiger partial charge in [-0.15, -0.1) is 0 Å². The van der Waals surface area contributed by atoms with E-state index in [2.05, 4.69) is 58.9 Å². The molecule has 1 aromatic carbocycles. The first-order valence-corrected chi connectivity index (χ1v) is 7.11. The Hall–Kier alpha value is -1.09. The third-order valence-corrected chi connectivity index (χ3v) is 3.59. The molecule has 0 aliphatic rings. The minimum Gasteiger partial charge on any atom is -0.357 e. The number of hydrogen-bond acceptors (Lipinski definition) is 2. The second-order valence-electron chi connectivity index (χ2n) is 3.97. The zero-order valence-electron chi connectivity index (χ0n) is 10.3. The van der Waals surface area contributed by atoms with E-state index in [9.17, 15) is 0 Å². The standard InChI is InChI=1S/C14H17BrN2/c1-3-17(4-2)14-12(10-15)9-11-7-5-6-8-13(11)16-14/h5-9H,3-4,10H2,1-2H3. The molecule has 1 aromatic heterocycles. The quantitative estimate of drug-likeness (QED) is 0.793. The van der Waals surface area contributed by atoms with Crippen LogP contribution in [0.25, 0.3) is 10.9 Å². The summed E-state index contributed by atoms with van der Waals surface area (Å²) in [6, 6.07) is 10.5. The van der Waals surface area contributed by atoms with Gasteiger partial charge in [0.1, 0.15) is 5.82 Å². The van der Waals surface area contributed by atoms with Crippen molar-refractivity contribution in [3.8, 4) is 0 Å². The number of anilines is 1. The number of halogens is 1. The maximum Gasteiger partial charge on any atom is 0.133 e. The third kappa shape index (κ3) is 2.44. The van der Waals surface area contributed by atoms with Gasteiger partial charge < -0.3 is 4.90 Å². The average molecular weight is 293 g/mol. The summed E-state index contributed by atoms with van der Waals surface area (Å²) in [4.78, 5) is 7.08. The van der Waals surface area contributed by atoms with Gasteiger partial charge in [-0.1, -0.05) is 34.1 Å². The van der Waals surface area contributed by atoms with E-state index in [1.54, 1.807) is 0 Å². The highest BCUT2D eigenvalue weighted by molar-refractivity contribution is 9.08. The van der Waals surface area contributed by atoms with Crippen LogP contribution in [0.2, 0.25) is 0 Å². The lowest BCUT2D eigenvalue weighted by atomic mass is 10.1. The first kappa shape index (κ1) is 12.4. The Morgan fingerprint density at radius 2 is 1.88 bits per heavy atom. The van der Waals surface area contributed by atoms with Crippen LogP contribution >= 0.6 is 15.9 Å². The molecular weight excluding hydrogens is 276 g/mol. The highest BCUT2D eigenvalue weighted by Crippen LogP contribution is 2.25. The molecule has 0 saturated carbocycles. The first-order chi connectivity index (χ1) is 8.30. The molecule has 3 heteroatoms. The Morgan fingerprint density at radius 1 is 1.18 bits per heavy atom. The number of pyridine rings is 1. The molecular formula is C14H17BrN2. The van der Waals surface area contributed by atoms with Crippen LogP contribution in [0.1, 0.15) is 19.4 Å². The third-order valence-electron chi connectivity index (χ3n) is 2.99. The molecule has 90 valence electrons. The highest BCUT2D eigenvalue weighted by Gasteiger charge is 2.10. The van der Waals surface area contributed by atoms with Crippen molar-refractivity contribution in [2.24, 2.45) is 0 Å². The van der Waals surface area contributed by atoms with Crippen LogP contribution in [-0.2, 0) is 5.33 Å². The van der Waals surface area contributed by atoms with E-state index < -0.39 is 0 Å². The maximum atomic E-state index is 4.78. The number of fused-ring (bicyclic) bond motifs is 1. The predicted octanol–water partition coefficient (Wildman–Crippen LogP) is 3.98. The Labute approximate surface area is 111 Å². The predicted molar refractivity (Wildman–Crippen MR) is 77.9 cm³/mol. The molecule has 0 amide bonds. The second kappa shape index (κ2) is 5.50. The molecule has 0 unspecified atom stereocenters. The second-order valence-corrected chi connectivity index (χ2v) is 4.53. The molecule has 0 radical (unpaired) electrons. The lowest BCUT2D eigenvalue weighted by molar-refractivity contribution is 0.844. The number of alkyl halides is 1. The van der Waals surface area contributed by atoms with Gasteiger partial charge in [0.25, 0.3) is 0 Å². The lowest BCUT2D eigenvalue weighted by Gasteiger charge is -2.22. The van der Waals surface area contributed by atoms with E-state index in [4.69, 9.17) is 4.98 Å². The summed E-state index contributed by atoms with van der Waals surface area (Å²) in [5.74, 6) is 1.10. The fraction of sp³-hybridized carbons (Fsp3) is 0.357. The van der Waals surface area contributed by atoms with E-state index in [-0.39, 0.29) is 0 Å². The fourth-order valence-corrected chi connectivity index (χ4v) is 2.46. The molecule has 2 aromatic rings. The Kier molecular flexibility index (Phi) is 4.00. The van der Waals surface area contributed by atoms with Gasteiger partial charge in [0, 0.05) is 29.4 Å². The topological polar surface area (TPSA) is 16.1 Å². The van der Waals surface area contributed by atoms with Crippen LogP contribution in [-0.4, -0.2) is 18.1 Å². The van der Waals surface area contributed by atoms with E-state index in [1.807, 2.05) is 6.07 Å². The molecule has 0 aliphatic heterocycles. The largest absolute Gasteiger partial charge is 0.357 e. The lowest BCUT2D eigenvalue weighted by Crippen LogP contribution is -2.24. The summed E-state index contributed by atoms with van der Waals surface area (Å²) < 4.78 is 0. The van der Waals surface area contributed by atoms with Crippen molar-refractivity contribution in [1.82, 2.24) is 4.98 Å². The van der Waals surface area contributed by atoms with E-state index in [0.717, 1.165) is 29.8 Å². The molecule has 0 N–H and O–H groups in total. The summed E-state index contributed by atoms with van der Waals surface area (Å²) in [7, 11) is 0. The van der Waals surface area contributed by atoms with Gasteiger partial charge in [0.05, 0.1) is 5.52 Å². The molecule has 1 heterocycles. The minimum absolute atomic E-state index is 0.844. The molecule has 0 bridgehead atoms. The van der Waals surface area contributed by atoms with Crippen molar-refractivity contribution in [3.63, 3.8) is 0 Å². The number of nitrogens with zero attached hydrogens (tertiary/aromatic N) is 2. The van der Waals surface area contributed by atoms with Gasteiger partial charge in [-0.05, 0) is 26.0 Å². The average Bonchev–Trinajstić information content (AvgIpc) is 2.39. The SMILES string of the molecule is CCN(CC)c1nc2ccccc2cc1CBr.